The van der Waals surface area contributed by atoms with E-state index in [9.17, 15) is 13.6 Å². The molecule has 1 N–H and O–H groups in total. The van der Waals surface area contributed by atoms with Crippen molar-refractivity contribution in [2.45, 2.75) is 13.3 Å². The van der Waals surface area contributed by atoms with Crippen LogP contribution in [0, 0.1) is 6.92 Å². The summed E-state index contributed by atoms with van der Waals surface area (Å²) in [5, 5.41) is 2.19. The molecule has 1 aromatic carbocycles. The molecule has 1 heterocycles. The summed E-state index contributed by atoms with van der Waals surface area (Å²) in [4.78, 5) is 13.9. The predicted octanol–water partition coefficient (Wildman–Crippen LogP) is 4.48. The lowest BCUT2D eigenvalue weighted by atomic mass is 10.2. The Morgan fingerprint density at radius 2 is 1.85 bits per heavy atom. The number of alkyl halides is 2. The molecule has 0 spiro atoms. The second-order valence-electron chi connectivity index (χ2n) is 3.80. The second-order valence-corrected chi connectivity index (χ2v) is 4.21. The monoisotopic (exact) mass is 296 g/mol. The molecule has 20 heavy (non-hydrogen) atoms. The number of hydrogen-bond donors (Lipinski definition) is 2. The lowest BCUT2D eigenvalue weighted by molar-refractivity contribution is 0.145. The number of rotatable bonds is 2. The maximum absolute atomic E-state index is 12.0. The molecule has 6 heteroatoms. The van der Waals surface area contributed by atoms with E-state index in [2.05, 4.69) is 22.9 Å². The number of nitrogens with zero attached hydrogens (tertiary/aromatic N) is 1. The summed E-state index contributed by atoms with van der Waals surface area (Å²) in [5.74, 6) is 0. The van der Waals surface area contributed by atoms with Crippen LogP contribution < -0.4 is 5.32 Å². The highest BCUT2D eigenvalue weighted by molar-refractivity contribution is 7.96. The Morgan fingerprint density at radius 3 is 2.30 bits per heavy atom. The van der Waals surface area contributed by atoms with Crippen molar-refractivity contribution in [2.75, 3.05) is 5.32 Å². The number of aromatic nitrogens is 1. The molecule has 106 valence electrons. The van der Waals surface area contributed by atoms with Gasteiger partial charge < -0.3 is 5.32 Å². The van der Waals surface area contributed by atoms with Gasteiger partial charge in [-0.05, 0) is 30.7 Å². The number of aryl methyl sites for hydroxylation is 1. The van der Waals surface area contributed by atoms with Crippen LogP contribution in [0.2, 0.25) is 0 Å². The average Bonchev–Trinajstić information content (AvgIpc) is 2.40. The Labute approximate surface area is 121 Å². The molecule has 1 amide bonds. The first-order valence-corrected chi connectivity index (χ1v) is 6.20. The van der Waals surface area contributed by atoms with E-state index < -0.39 is 6.43 Å². The number of carbonyl (C=O) groups is 1. The van der Waals surface area contributed by atoms with Gasteiger partial charge >= 0.3 is 0 Å². The van der Waals surface area contributed by atoms with Crippen LogP contribution in [0.15, 0.2) is 48.7 Å². The van der Waals surface area contributed by atoms with Crippen molar-refractivity contribution >= 4 is 23.6 Å². The Balaban J connectivity index is 0.000000200. The molecule has 0 aliphatic heterocycles. The number of carbonyl (C=O) groups excluding carboxylic acids is 1. The van der Waals surface area contributed by atoms with Crippen LogP contribution in [-0.2, 0) is 0 Å². The van der Waals surface area contributed by atoms with Crippen molar-refractivity contribution in [3.05, 3.63) is 59.9 Å². The van der Waals surface area contributed by atoms with Gasteiger partial charge in [-0.2, -0.15) is 0 Å². The van der Waals surface area contributed by atoms with Crippen LogP contribution in [0.5, 0.6) is 0 Å². The van der Waals surface area contributed by atoms with Gasteiger partial charge in [0.25, 0.3) is 11.7 Å². The number of para-hydroxylation sites is 1. The van der Waals surface area contributed by atoms with Crippen LogP contribution in [0.25, 0.3) is 0 Å². The summed E-state index contributed by atoms with van der Waals surface area (Å²) in [6, 6.07) is 12.4. The van der Waals surface area contributed by atoms with Crippen molar-refractivity contribution in [1.82, 2.24) is 4.98 Å². The van der Waals surface area contributed by atoms with E-state index in [0.29, 0.717) is 5.56 Å². The number of thiol groups is 1. The normalized spacial score (nSPS) is 9.65. The number of halogens is 2. The summed E-state index contributed by atoms with van der Waals surface area (Å²) in [7, 11) is 0. The summed E-state index contributed by atoms with van der Waals surface area (Å²) < 4.78 is 23.9. The third kappa shape index (κ3) is 5.79. The quantitative estimate of drug-likeness (QED) is 0.803. The minimum absolute atomic E-state index is 0.123. The van der Waals surface area contributed by atoms with Gasteiger partial charge in [0.05, 0.1) is 0 Å². The van der Waals surface area contributed by atoms with Crippen LogP contribution in [0.3, 0.4) is 0 Å². The topological polar surface area (TPSA) is 42.0 Å². The van der Waals surface area contributed by atoms with Crippen molar-refractivity contribution in [3.63, 3.8) is 0 Å². The lowest BCUT2D eigenvalue weighted by Gasteiger charge is -2.00. The third-order valence-electron chi connectivity index (χ3n) is 2.28. The fourth-order valence-corrected chi connectivity index (χ4v) is 1.50. The molecule has 0 saturated carbocycles. The van der Waals surface area contributed by atoms with Crippen molar-refractivity contribution < 1.29 is 13.6 Å². The Morgan fingerprint density at radius 1 is 1.20 bits per heavy atom. The summed E-state index contributed by atoms with van der Waals surface area (Å²) in [5.41, 5.74) is 1.18. The zero-order valence-electron chi connectivity index (χ0n) is 10.8. The molecular formula is C14H14F2N2OS. The lowest BCUT2D eigenvalue weighted by Crippen LogP contribution is -1.99. The first kappa shape index (κ1) is 16.1. The molecule has 0 bridgehead atoms. The van der Waals surface area contributed by atoms with Crippen LogP contribution in [0.1, 0.15) is 17.7 Å². The van der Waals surface area contributed by atoms with Gasteiger partial charge in [0.2, 0.25) is 0 Å². The molecule has 0 saturated heterocycles. The van der Waals surface area contributed by atoms with E-state index in [1.807, 2.05) is 18.2 Å². The van der Waals surface area contributed by atoms with E-state index in [-0.39, 0.29) is 10.9 Å². The average molecular weight is 296 g/mol. The zero-order valence-corrected chi connectivity index (χ0v) is 11.6. The second kappa shape index (κ2) is 8.27. The van der Waals surface area contributed by atoms with E-state index >= 15 is 0 Å². The first-order chi connectivity index (χ1) is 9.50. The first-order valence-electron chi connectivity index (χ1n) is 5.75. The molecule has 3 nitrogen and oxygen atoms in total. The van der Waals surface area contributed by atoms with E-state index in [4.69, 9.17) is 0 Å². The Bertz CT molecular complexity index is 550. The van der Waals surface area contributed by atoms with Gasteiger partial charge in [0, 0.05) is 11.9 Å². The maximum atomic E-state index is 12.0. The van der Waals surface area contributed by atoms with Crippen LogP contribution in [0.4, 0.5) is 19.3 Å². The highest BCUT2D eigenvalue weighted by Gasteiger charge is 2.09. The SMILES string of the molecule is Cc1cccnc1C(F)F.O=C(S)Nc1ccccc1. The number of pyridine rings is 1. The largest absolute Gasteiger partial charge is 0.317 e. The Kier molecular flexibility index (Phi) is 6.66. The van der Waals surface area contributed by atoms with Gasteiger partial charge in [0.15, 0.2) is 0 Å². The van der Waals surface area contributed by atoms with E-state index in [1.54, 1.807) is 31.2 Å². The molecular weight excluding hydrogens is 282 g/mol. The molecule has 0 radical (unpaired) electrons. The van der Waals surface area contributed by atoms with Crippen molar-refractivity contribution in [3.8, 4) is 0 Å². The van der Waals surface area contributed by atoms with Gasteiger partial charge in [-0.1, -0.05) is 36.9 Å². The summed E-state index contributed by atoms with van der Waals surface area (Å²) in [6.07, 6.45) is -1.09. The van der Waals surface area contributed by atoms with E-state index in [1.165, 1.54) is 6.20 Å². The number of anilines is 1. The maximum Gasteiger partial charge on any atom is 0.280 e. The molecule has 0 aliphatic rings. The zero-order chi connectivity index (χ0) is 15.0. The Hall–Kier alpha value is -1.95. The summed E-state index contributed by atoms with van der Waals surface area (Å²) in [6.45, 7) is 1.62. The fraction of sp³-hybridized carbons (Fsp3) is 0.143. The van der Waals surface area contributed by atoms with Gasteiger partial charge in [-0.3, -0.25) is 9.78 Å². The third-order valence-corrected chi connectivity index (χ3v) is 2.39. The fourth-order valence-electron chi connectivity index (χ4n) is 1.37. The minimum Gasteiger partial charge on any atom is -0.317 e. The molecule has 1 aromatic heterocycles. The van der Waals surface area contributed by atoms with E-state index in [0.717, 1.165) is 5.69 Å². The number of nitrogens with one attached hydrogen (secondary N) is 1. The van der Waals surface area contributed by atoms with Crippen LogP contribution >= 0.6 is 12.6 Å². The number of benzene rings is 1. The molecule has 2 rings (SSSR count). The molecule has 0 atom stereocenters. The van der Waals surface area contributed by atoms with Gasteiger partial charge in [0.1, 0.15) is 5.69 Å². The number of hydrogen-bond acceptors (Lipinski definition) is 2. The molecule has 0 unspecified atom stereocenters. The summed E-state index contributed by atoms with van der Waals surface area (Å²) >= 11 is 3.56. The highest BCUT2D eigenvalue weighted by atomic mass is 32.1. The van der Waals surface area contributed by atoms with Crippen LogP contribution in [-0.4, -0.2) is 10.2 Å². The minimum atomic E-state index is -2.46. The number of amides is 1. The molecule has 0 aliphatic carbocycles. The highest BCUT2D eigenvalue weighted by Crippen LogP contribution is 2.18. The standard InChI is InChI=1S/C7H7F2N.C7H7NOS/c1-5-3-2-4-10-6(5)7(8)9;9-7(10)8-6-4-2-1-3-5-6/h2-4,7H,1H3;1-5H,(H2,8,9,10). The predicted molar refractivity (Wildman–Crippen MR) is 78.4 cm³/mol. The van der Waals surface area contributed by atoms with Crippen molar-refractivity contribution in [1.29, 1.82) is 0 Å². The van der Waals surface area contributed by atoms with Crippen molar-refractivity contribution in [2.24, 2.45) is 0 Å². The smallest absolute Gasteiger partial charge is 0.280 e. The molecule has 0 fully saturated rings. The van der Waals surface area contributed by atoms with Gasteiger partial charge in [-0.25, -0.2) is 8.78 Å². The molecule has 2 aromatic rings. The van der Waals surface area contributed by atoms with Gasteiger partial charge in [-0.15, -0.1) is 0 Å².